The molecule has 0 aliphatic carbocycles. The molecular weight excluding hydrogens is 245 g/mol. The van der Waals surface area contributed by atoms with Gasteiger partial charge in [0.25, 0.3) is 5.69 Å². The van der Waals surface area contributed by atoms with Crippen LogP contribution in [0.25, 0.3) is 0 Å². The standard InChI is InChI=1S/C9H12N3O4P/c13-12(14)9-4-2-8(3-5-9)11-17(15)10-6-1-7-16-17/h2-5H,1,6-7H2,(H2,10,11,15). The van der Waals surface area contributed by atoms with Crippen molar-refractivity contribution in [3.8, 4) is 0 Å². The number of benzene rings is 1. The minimum atomic E-state index is -3.04. The molecule has 0 amide bonds. The Labute approximate surface area is 97.9 Å². The topological polar surface area (TPSA) is 93.5 Å². The highest BCUT2D eigenvalue weighted by Gasteiger charge is 2.25. The van der Waals surface area contributed by atoms with Gasteiger partial charge < -0.3 is 9.61 Å². The van der Waals surface area contributed by atoms with E-state index in [1.807, 2.05) is 0 Å². The number of rotatable bonds is 3. The second-order valence-electron chi connectivity index (χ2n) is 3.56. The number of nitrogens with zero attached hydrogens (tertiary/aromatic N) is 1. The summed E-state index contributed by atoms with van der Waals surface area (Å²) in [6.45, 7) is 1.06. The van der Waals surface area contributed by atoms with Crippen LogP contribution in [0.1, 0.15) is 6.42 Å². The normalized spacial score (nSPS) is 24.2. The molecule has 1 saturated heterocycles. The largest absolute Gasteiger partial charge is 0.365 e. The minimum absolute atomic E-state index is 0.00801. The fourth-order valence-electron chi connectivity index (χ4n) is 1.44. The molecule has 1 aliphatic heterocycles. The molecule has 1 unspecified atom stereocenters. The van der Waals surface area contributed by atoms with Crippen molar-refractivity contribution in [2.45, 2.75) is 6.42 Å². The van der Waals surface area contributed by atoms with Gasteiger partial charge in [-0.1, -0.05) is 0 Å². The van der Waals surface area contributed by atoms with Crippen molar-refractivity contribution < 1.29 is 14.0 Å². The lowest BCUT2D eigenvalue weighted by Crippen LogP contribution is -2.25. The Bertz CT molecular complexity index is 452. The molecule has 2 rings (SSSR count). The molecule has 1 aliphatic rings. The van der Waals surface area contributed by atoms with E-state index in [9.17, 15) is 14.7 Å². The SMILES string of the molecule is O=[N+]([O-])c1ccc(NP2(=O)NCCCO2)cc1. The Morgan fingerprint density at radius 3 is 2.65 bits per heavy atom. The van der Waals surface area contributed by atoms with Crippen molar-refractivity contribution in [2.24, 2.45) is 0 Å². The summed E-state index contributed by atoms with van der Waals surface area (Å²) >= 11 is 0. The fourth-order valence-corrected chi connectivity index (χ4v) is 3.00. The molecule has 0 saturated carbocycles. The van der Waals surface area contributed by atoms with Crippen LogP contribution < -0.4 is 10.2 Å². The highest BCUT2D eigenvalue weighted by Crippen LogP contribution is 2.44. The molecular formula is C9H12N3O4P. The molecule has 7 nitrogen and oxygen atoms in total. The van der Waals surface area contributed by atoms with Gasteiger partial charge in [0.15, 0.2) is 0 Å². The Kier molecular flexibility index (Phi) is 3.42. The molecule has 0 radical (unpaired) electrons. The molecule has 0 aromatic heterocycles. The molecule has 1 heterocycles. The zero-order chi connectivity index (χ0) is 12.3. The molecule has 17 heavy (non-hydrogen) atoms. The van der Waals surface area contributed by atoms with Crippen molar-refractivity contribution >= 4 is 19.0 Å². The molecule has 8 heteroatoms. The lowest BCUT2D eigenvalue weighted by atomic mass is 10.3. The van der Waals surface area contributed by atoms with Crippen molar-refractivity contribution in [3.05, 3.63) is 34.4 Å². The predicted octanol–water partition coefficient (Wildman–Crippen LogP) is 2.12. The maximum Gasteiger partial charge on any atom is 0.365 e. The zero-order valence-electron chi connectivity index (χ0n) is 8.96. The Balaban J connectivity index is 2.08. The number of nitro groups is 1. The van der Waals surface area contributed by atoms with Crippen molar-refractivity contribution in [1.82, 2.24) is 5.09 Å². The summed E-state index contributed by atoms with van der Waals surface area (Å²) in [5, 5.41) is 16.0. The van der Waals surface area contributed by atoms with E-state index in [0.29, 0.717) is 18.8 Å². The number of non-ortho nitro benzene ring substituents is 1. The second kappa shape index (κ2) is 4.83. The van der Waals surface area contributed by atoms with Gasteiger partial charge in [-0.15, -0.1) is 0 Å². The fraction of sp³-hybridized carbons (Fsp3) is 0.333. The van der Waals surface area contributed by atoms with Gasteiger partial charge in [-0.05, 0) is 18.6 Å². The Morgan fingerprint density at radius 1 is 1.41 bits per heavy atom. The second-order valence-corrected chi connectivity index (χ2v) is 5.46. The minimum Gasteiger partial charge on any atom is -0.303 e. The quantitative estimate of drug-likeness (QED) is 0.489. The summed E-state index contributed by atoms with van der Waals surface area (Å²) in [4.78, 5) is 9.97. The first-order valence-electron chi connectivity index (χ1n) is 5.11. The van der Waals surface area contributed by atoms with E-state index in [1.165, 1.54) is 24.3 Å². The van der Waals surface area contributed by atoms with Crippen LogP contribution in [0, 0.1) is 10.1 Å². The summed E-state index contributed by atoms with van der Waals surface area (Å²) in [5.41, 5.74) is 0.514. The van der Waals surface area contributed by atoms with E-state index in [-0.39, 0.29) is 5.69 Å². The summed E-state index contributed by atoms with van der Waals surface area (Å²) < 4.78 is 17.2. The van der Waals surface area contributed by atoms with Crippen LogP contribution in [-0.4, -0.2) is 18.1 Å². The van der Waals surface area contributed by atoms with Crippen LogP contribution in [0.3, 0.4) is 0 Å². The first-order valence-corrected chi connectivity index (χ1v) is 6.74. The highest BCUT2D eigenvalue weighted by molar-refractivity contribution is 7.58. The molecule has 92 valence electrons. The van der Waals surface area contributed by atoms with Crippen molar-refractivity contribution in [1.29, 1.82) is 0 Å². The van der Waals surface area contributed by atoms with Crippen LogP contribution in [0.15, 0.2) is 24.3 Å². The van der Waals surface area contributed by atoms with Gasteiger partial charge in [0, 0.05) is 24.4 Å². The monoisotopic (exact) mass is 257 g/mol. The highest BCUT2D eigenvalue weighted by atomic mass is 31.2. The number of anilines is 1. The van der Waals surface area contributed by atoms with Crippen LogP contribution in [0.5, 0.6) is 0 Å². The van der Waals surface area contributed by atoms with Crippen LogP contribution in [0.4, 0.5) is 11.4 Å². The van der Waals surface area contributed by atoms with E-state index >= 15 is 0 Å². The van der Waals surface area contributed by atoms with Gasteiger partial charge in [-0.3, -0.25) is 10.1 Å². The van der Waals surface area contributed by atoms with Crippen molar-refractivity contribution in [2.75, 3.05) is 18.2 Å². The van der Waals surface area contributed by atoms with E-state index in [0.717, 1.165) is 6.42 Å². The summed E-state index contributed by atoms with van der Waals surface area (Å²) in [5.74, 6) is 0. The average molecular weight is 257 g/mol. The van der Waals surface area contributed by atoms with E-state index in [2.05, 4.69) is 10.2 Å². The van der Waals surface area contributed by atoms with Gasteiger partial charge in [-0.25, -0.2) is 9.65 Å². The van der Waals surface area contributed by atoms with E-state index < -0.39 is 12.6 Å². The van der Waals surface area contributed by atoms with Gasteiger partial charge in [0.2, 0.25) is 0 Å². The molecule has 1 aromatic rings. The van der Waals surface area contributed by atoms with Crippen LogP contribution in [0.2, 0.25) is 0 Å². The van der Waals surface area contributed by atoms with Gasteiger partial charge in [0.05, 0.1) is 11.5 Å². The molecule has 1 aromatic carbocycles. The number of nitrogens with one attached hydrogen (secondary N) is 2. The number of hydrogen-bond acceptors (Lipinski definition) is 4. The van der Waals surface area contributed by atoms with Crippen LogP contribution >= 0.6 is 7.67 Å². The first-order chi connectivity index (χ1) is 8.09. The summed E-state index contributed by atoms with van der Waals surface area (Å²) in [7, 11) is -3.04. The van der Waals surface area contributed by atoms with Gasteiger partial charge >= 0.3 is 7.67 Å². The lowest BCUT2D eigenvalue weighted by molar-refractivity contribution is -0.384. The maximum absolute atomic E-state index is 12.0. The third-order valence-corrected chi connectivity index (χ3v) is 4.01. The number of hydrogen-bond donors (Lipinski definition) is 2. The molecule has 0 spiro atoms. The molecule has 0 bridgehead atoms. The summed E-state index contributed by atoms with van der Waals surface area (Å²) in [6, 6.07) is 5.69. The Hall–Kier alpha value is -1.43. The first kappa shape index (κ1) is 12.0. The van der Waals surface area contributed by atoms with E-state index in [4.69, 9.17) is 4.52 Å². The van der Waals surface area contributed by atoms with Gasteiger partial charge in [0.1, 0.15) is 0 Å². The molecule has 1 atom stereocenters. The third kappa shape index (κ3) is 3.03. The van der Waals surface area contributed by atoms with E-state index in [1.54, 1.807) is 0 Å². The molecule has 1 fully saturated rings. The maximum atomic E-state index is 12.0. The smallest absolute Gasteiger partial charge is 0.303 e. The average Bonchev–Trinajstić information content (AvgIpc) is 2.30. The third-order valence-electron chi connectivity index (χ3n) is 2.27. The number of nitro benzene ring substituents is 1. The predicted molar refractivity (Wildman–Crippen MR) is 62.9 cm³/mol. The lowest BCUT2D eigenvalue weighted by Gasteiger charge is -2.25. The summed E-state index contributed by atoms with van der Waals surface area (Å²) in [6.07, 6.45) is 0.811. The van der Waals surface area contributed by atoms with Crippen LogP contribution in [-0.2, 0) is 9.09 Å². The van der Waals surface area contributed by atoms with Crippen molar-refractivity contribution in [3.63, 3.8) is 0 Å². The Morgan fingerprint density at radius 2 is 2.12 bits per heavy atom. The molecule has 2 N–H and O–H groups in total. The zero-order valence-corrected chi connectivity index (χ0v) is 9.85. The van der Waals surface area contributed by atoms with Gasteiger partial charge in [-0.2, -0.15) is 0 Å².